The molecule has 1 aromatic carbocycles. The van der Waals surface area contributed by atoms with E-state index in [1.54, 1.807) is 7.11 Å². The molecule has 1 N–H and O–H groups in total. The molecular weight excluding hydrogens is 212 g/mol. The number of nitrogens with one attached hydrogen (secondary N) is 1. The number of para-hydroxylation sites is 1. The van der Waals surface area contributed by atoms with Gasteiger partial charge < -0.3 is 15.0 Å². The molecule has 0 spiro atoms. The number of methoxy groups -OCH3 is 1. The fourth-order valence-corrected chi connectivity index (χ4v) is 3.37. The first kappa shape index (κ1) is 10.9. The van der Waals surface area contributed by atoms with E-state index in [2.05, 4.69) is 35.5 Å². The first-order chi connectivity index (χ1) is 8.31. The molecule has 3 heteroatoms. The van der Waals surface area contributed by atoms with Crippen molar-refractivity contribution in [3.8, 4) is 5.75 Å². The van der Waals surface area contributed by atoms with Gasteiger partial charge in [0.05, 0.1) is 12.8 Å². The Morgan fingerprint density at radius 2 is 2.29 bits per heavy atom. The van der Waals surface area contributed by atoms with E-state index in [1.807, 2.05) is 0 Å². The standard InChI is InChI=1S/C14H20N2O/c1-16-12-6-7-15-9-11(12)8-10-4-3-5-13(17-2)14(10)16/h3-5,11-12,15H,6-9H2,1-2H3. The summed E-state index contributed by atoms with van der Waals surface area (Å²) in [5.74, 6) is 1.76. The number of benzene rings is 1. The molecule has 0 aliphatic carbocycles. The van der Waals surface area contributed by atoms with Crippen molar-refractivity contribution in [3.05, 3.63) is 23.8 Å². The zero-order chi connectivity index (χ0) is 11.8. The van der Waals surface area contributed by atoms with Crippen LogP contribution in [0.5, 0.6) is 5.75 Å². The van der Waals surface area contributed by atoms with Crippen LogP contribution in [0.15, 0.2) is 18.2 Å². The number of piperidine rings is 1. The van der Waals surface area contributed by atoms with Crippen molar-refractivity contribution >= 4 is 5.69 Å². The van der Waals surface area contributed by atoms with E-state index >= 15 is 0 Å². The summed E-state index contributed by atoms with van der Waals surface area (Å²) >= 11 is 0. The van der Waals surface area contributed by atoms with Gasteiger partial charge in [-0.2, -0.15) is 0 Å². The third-order valence-electron chi connectivity index (χ3n) is 4.20. The van der Waals surface area contributed by atoms with E-state index in [0.29, 0.717) is 6.04 Å². The van der Waals surface area contributed by atoms with Crippen LogP contribution < -0.4 is 15.0 Å². The summed E-state index contributed by atoms with van der Waals surface area (Å²) in [6.07, 6.45) is 2.41. The fourth-order valence-electron chi connectivity index (χ4n) is 3.37. The van der Waals surface area contributed by atoms with Crippen LogP contribution in [0.2, 0.25) is 0 Å². The van der Waals surface area contributed by atoms with Gasteiger partial charge in [0.25, 0.3) is 0 Å². The molecule has 2 heterocycles. The van der Waals surface area contributed by atoms with Crippen molar-refractivity contribution in [2.75, 3.05) is 32.1 Å². The highest BCUT2D eigenvalue weighted by Gasteiger charge is 2.35. The molecule has 2 aliphatic rings. The van der Waals surface area contributed by atoms with Crippen molar-refractivity contribution in [2.45, 2.75) is 18.9 Å². The van der Waals surface area contributed by atoms with E-state index in [9.17, 15) is 0 Å². The molecular formula is C14H20N2O. The van der Waals surface area contributed by atoms with Crippen molar-refractivity contribution in [3.63, 3.8) is 0 Å². The van der Waals surface area contributed by atoms with Gasteiger partial charge in [-0.3, -0.25) is 0 Å². The largest absolute Gasteiger partial charge is 0.495 e. The van der Waals surface area contributed by atoms with E-state index in [4.69, 9.17) is 4.74 Å². The second-order valence-corrected chi connectivity index (χ2v) is 5.10. The van der Waals surface area contributed by atoms with Crippen molar-refractivity contribution < 1.29 is 4.74 Å². The minimum absolute atomic E-state index is 0.667. The number of ether oxygens (including phenoxy) is 1. The molecule has 0 saturated carbocycles. The Balaban J connectivity index is 2.03. The van der Waals surface area contributed by atoms with Gasteiger partial charge in [-0.05, 0) is 36.9 Å². The van der Waals surface area contributed by atoms with Crippen LogP contribution in [0, 0.1) is 5.92 Å². The van der Waals surface area contributed by atoms with E-state index in [1.165, 1.54) is 24.1 Å². The average molecular weight is 232 g/mol. The smallest absolute Gasteiger partial charge is 0.142 e. The Morgan fingerprint density at radius 1 is 1.41 bits per heavy atom. The lowest BCUT2D eigenvalue weighted by atomic mass is 9.82. The van der Waals surface area contributed by atoms with Gasteiger partial charge >= 0.3 is 0 Å². The Labute approximate surface area is 103 Å². The first-order valence-electron chi connectivity index (χ1n) is 6.40. The molecule has 3 nitrogen and oxygen atoms in total. The van der Waals surface area contributed by atoms with Gasteiger partial charge in [-0.1, -0.05) is 12.1 Å². The zero-order valence-electron chi connectivity index (χ0n) is 10.6. The maximum Gasteiger partial charge on any atom is 0.142 e. The number of hydrogen-bond acceptors (Lipinski definition) is 3. The molecule has 3 rings (SSSR count). The highest BCUT2D eigenvalue weighted by molar-refractivity contribution is 5.66. The van der Waals surface area contributed by atoms with Gasteiger partial charge in [0.1, 0.15) is 5.75 Å². The maximum atomic E-state index is 5.51. The Morgan fingerprint density at radius 3 is 3.12 bits per heavy atom. The van der Waals surface area contributed by atoms with Gasteiger partial charge in [0.15, 0.2) is 0 Å². The predicted octanol–water partition coefficient (Wildman–Crippen LogP) is 1.67. The predicted molar refractivity (Wildman–Crippen MR) is 69.9 cm³/mol. The SMILES string of the molecule is COc1cccc2c1N(C)C1CCNCC1C2. The number of rotatable bonds is 1. The van der Waals surface area contributed by atoms with E-state index in [-0.39, 0.29) is 0 Å². The van der Waals surface area contributed by atoms with E-state index < -0.39 is 0 Å². The second kappa shape index (κ2) is 4.22. The molecule has 1 fully saturated rings. The highest BCUT2D eigenvalue weighted by atomic mass is 16.5. The molecule has 2 aliphatic heterocycles. The van der Waals surface area contributed by atoms with Gasteiger partial charge in [0.2, 0.25) is 0 Å². The Hall–Kier alpha value is -1.22. The summed E-state index contributed by atoms with van der Waals surface area (Å²) in [5, 5.41) is 3.51. The van der Waals surface area contributed by atoms with Gasteiger partial charge in [-0.15, -0.1) is 0 Å². The van der Waals surface area contributed by atoms with Crippen LogP contribution in [-0.4, -0.2) is 33.3 Å². The summed E-state index contributed by atoms with van der Waals surface area (Å²) in [4.78, 5) is 2.43. The summed E-state index contributed by atoms with van der Waals surface area (Å²) in [6, 6.07) is 7.07. The van der Waals surface area contributed by atoms with Crippen molar-refractivity contribution in [1.29, 1.82) is 0 Å². The Kier molecular flexibility index (Phi) is 2.71. The minimum atomic E-state index is 0.667. The molecule has 1 aromatic rings. The fraction of sp³-hybridized carbons (Fsp3) is 0.571. The number of fused-ring (bicyclic) bond motifs is 2. The molecule has 0 aromatic heterocycles. The van der Waals surface area contributed by atoms with Gasteiger partial charge in [0, 0.05) is 19.6 Å². The molecule has 92 valence electrons. The second-order valence-electron chi connectivity index (χ2n) is 5.10. The molecule has 0 radical (unpaired) electrons. The average Bonchev–Trinajstić information content (AvgIpc) is 2.38. The van der Waals surface area contributed by atoms with Crippen LogP contribution in [0.1, 0.15) is 12.0 Å². The molecule has 0 bridgehead atoms. The molecule has 2 unspecified atom stereocenters. The number of nitrogens with zero attached hydrogens (tertiary/aromatic N) is 1. The van der Waals surface area contributed by atoms with Crippen molar-refractivity contribution in [2.24, 2.45) is 5.92 Å². The quantitative estimate of drug-likeness (QED) is 0.797. The monoisotopic (exact) mass is 232 g/mol. The number of hydrogen-bond donors (Lipinski definition) is 1. The lowest BCUT2D eigenvalue weighted by Gasteiger charge is -2.44. The Bertz CT molecular complexity index is 419. The highest BCUT2D eigenvalue weighted by Crippen LogP contribution is 2.40. The third kappa shape index (κ3) is 1.69. The van der Waals surface area contributed by atoms with Crippen LogP contribution in [-0.2, 0) is 6.42 Å². The summed E-state index contributed by atoms with van der Waals surface area (Å²) in [7, 11) is 3.97. The molecule has 17 heavy (non-hydrogen) atoms. The molecule has 2 atom stereocenters. The summed E-state index contributed by atoms with van der Waals surface area (Å²) in [6.45, 7) is 2.28. The normalized spacial score (nSPS) is 27.3. The van der Waals surface area contributed by atoms with E-state index in [0.717, 1.165) is 24.8 Å². The van der Waals surface area contributed by atoms with Crippen LogP contribution in [0.3, 0.4) is 0 Å². The van der Waals surface area contributed by atoms with Gasteiger partial charge in [-0.25, -0.2) is 0 Å². The summed E-state index contributed by atoms with van der Waals surface area (Å²) < 4.78 is 5.51. The minimum Gasteiger partial charge on any atom is -0.495 e. The van der Waals surface area contributed by atoms with Crippen molar-refractivity contribution in [1.82, 2.24) is 5.32 Å². The molecule has 1 saturated heterocycles. The number of anilines is 1. The summed E-state index contributed by atoms with van der Waals surface area (Å²) in [5.41, 5.74) is 2.73. The van der Waals surface area contributed by atoms with Crippen LogP contribution in [0.25, 0.3) is 0 Å². The first-order valence-corrected chi connectivity index (χ1v) is 6.40. The van der Waals surface area contributed by atoms with Crippen LogP contribution >= 0.6 is 0 Å². The topological polar surface area (TPSA) is 24.5 Å². The molecule has 0 amide bonds. The third-order valence-corrected chi connectivity index (χ3v) is 4.20. The lowest BCUT2D eigenvalue weighted by molar-refractivity contribution is 0.300. The van der Waals surface area contributed by atoms with Crippen LogP contribution in [0.4, 0.5) is 5.69 Å². The zero-order valence-corrected chi connectivity index (χ0v) is 10.6. The maximum absolute atomic E-state index is 5.51. The lowest BCUT2D eigenvalue weighted by Crippen LogP contribution is -2.51.